The van der Waals surface area contributed by atoms with E-state index < -0.39 is 18.4 Å². The minimum absolute atomic E-state index is 0.349. The number of ether oxygens (including phenoxy) is 1. The van der Waals surface area contributed by atoms with E-state index >= 15 is 0 Å². The monoisotopic (exact) mass is 439 g/mol. The topological polar surface area (TPSA) is 105 Å². The number of benzene rings is 2. The fourth-order valence-corrected chi connectivity index (χ4v) is 4.69. The van der Waals surface area contributed by atoms with Crippen LogP contribution in [-0.2, 0) is 6.42 Å². The van der Waals surface area contributed by atoms with Crippen LogP contribution in [0.2, 0.25) is 0 Å². The number of urea groups is 1. The Labute approximate surface area is 183 Å². The molecule has 4 aromatic rings. The second kappa shape index (κ2) is 8.93. The molecule has 0 saturated heterocycles. The number of rotatable bonds is 8. The third-order valence-corrected chi connectivity index (χ3v) is 5.98. The second-order valence-electron chi connectivity index (χ2n) is 7.27. The van der Waals surface area contributed by atoms with E-state index in [0.29, 0.717) is 18.7 Å². The molecule has 0 radical (unpaired) electrons. The van der Waals surface area contributed by atoms with Gasteiger partial charge in [-0.15, -0.1) is 0 Å². The van der Waals surface area contributed by atoms with E-state index in [0.717, 1.165) is 26.4 Å². The van der Waals surface area contributed by atoms with Crippen molar-refractivity contribution in [3.63, 3.8) is 0 Å². The first-order valence-corrected chi connectivity index (χ1v) is 10.9. The SMILES string of the molecule is CCN(NC(N)=O)C(Oc1cccc2sc3nc(C)cn3c12)C(O)Cc1ccccc1. The Morgan fingerprint density at radius 2 is 2.06 bits per heavy atom. The van der Waals surface area contributed by atoms with Gasteiger partial charge in [0.2, 0.25) is 0 Å². The van der Waals surface area contributed by atoms with Crippen LogP contribution in [0.15, 0.2) is 54.7 Å². The maximum Gasteiger partial charge on any atom is 0.326 e. The van der Waals surface area contributed by atoms with E-state index in [4.69, 9.17) is 10.5 Å². The van der Waals surface area contributed by atoms with Gasteiger partial charge < -0.3 is 15.6 Å². The molecule has 4 rings (SSSR count). The first-order valence-electron chi connectivity index (χ1n) is 10.0. The number of likely N-dealkylation sites (N-methyl/N-ethyl adjacent to an activating group) is 1. The summed E-state index contributed by atoms with van der Waals surface area (Å²) in [6.07, 6.45) is 0.517. The molecule has 2 amide bonds. The van der Waals surface area contributed by atoms with Crippen molar-refractivity contribution in [2.24, 2.45) is 5.73 Å². The van der Waals surface area contributed by atoms with Crippen molar-refractivity contribution < 1.29 is 14.6 Å². The number of nitrogens with one attached hydrogen (secondary N) is 1. The molecule has 162 valence electrons. The van der Waals surface area contributed by atoms with Gasteiger partial charge in [0.05, 0.1) is 10.4 Å². The normalized spacial score (nSPS) is 13.5. The highest BCUT2D eigenvalue weighted by Crippen LogP contribution is 2.34. The predicted molar refractivity (Wildman–Crippen MR) is 121 cm³/mol. The number of nitrogens with two attached hydrogens (primary N) is 1. The number of primary amides is 1. The fourth-order valence-electron chi connectivity index (χ4n) is 3.62. The van der Waals surface area contributed by atoms with Crippen molar-refractivity contribution in [2.75, 3.05) is 6.54 Å². The molecule has 2 unspecified atom stereocenters. The lowest BCUT2D eigenvalue weighted by Crippen LogP contribution is -2.57. The van der Waals surface area contributed by atoms with E-state index in [1.54, 1.807) is 11.3 Å². The number of carbonyl (C=O) groups excluding carboxylic acids is 1. The standard InChI is InChI=1S/C22H25N5O3S/c1-3-27(25-21(23)29)20(16(28)12-15-8-5-4-6-9-15)30-17-10-7-11-18-19(17)26-13-14(2)24-22(26)31-18/h4-11,13,16,20,28H,3,12H2,1-2H3,(H3,23,25,29). The van der Waals surface area contributed by atoms with Crippen LogP contribution in [0.1, 0.15) is 18.2 Å². The number of imidazole rings is 1. The molecule has 0 aliphatic carbocycles. The number of amides is 2. The van der Waals surface area contributed by atoms with E-state index in [-0.39, 0.29) is 0 Å². The number of hydrazine groups is 1. The summed E-state index contributed by atoms with van der Waals surface area (Å²) in [5, 5.41) is 12.6. The van der Waals surface area contributed by atoms with Gasteiger partial charge in [-0.2, -0.15) is 5.01 Å². The highest BCUT2D eigenvalue weighted by molar-refractivity contribution is 7.23. The smallest absolute Gasteiger partial charge is 0.326 e. The number of aromatic nitrogens is 2. The molecule has 2 heterocycles. The zero-order valence-corrected chi connectivity index (χ0v) is 18.2. The average Bonchev–Trinajstić information content (AvgIpc) is 3.26. The van der Waals surface area contributed by atoms with Crippen molar-refractivity contribution in [3.8, 4) is 5.75 Å². The molecule has 2 aromatic carbocycles. The second-order valence-corrected chi connectivity index (χ2v) is 8.28. The number of hydrogen-bond donors (Lipinski definition) is 3. The lowest BCUT2D eigenvalue weighted by Gasteiger charge is -2.33. The Morgan fingerprint density at radius 1 is 1.29 bits per heavy atom. The number of aryl methyl sites for hydroxylation is 1. The Balaban J connectivity index is 1.72. The Morgan fingerprint density at radius 3 is 2.77 bits per heavy atom. The summed E-state index contributed by atoms with van der Waals surface area (Å²) in [7, 11) is 0. The first kappa shape index (κ1) is 21.1. The number of fused-ring (bicyclic) bond motifs is 3. The Bertz CT molecular complexity index is 1190. The van der Waals surface area contributed by atoms with Crippen molar-refractivity contribution in [2.45, 2.75) is 32.6 Å². The van der Waals surface area contributed by atoms with Gasteiger partial charge in [-0.3, -0.25) is 9.83 Å². The predicted octanol–water partition coefficient (Wildman–Crippen LogP) is 3.07. The van der Waals surface area contributed by atoms with Gasteiger partial charge in [0.15, 0.2) is 11.2 Å². The van der Waals surface area contributed by atoms with Crippen LogP contribution in [0.4, 0.5) is 4.79 Å². The molecule has 0 spiro atoms. The molecule has 2 atom stereocenters. The first-order chi connectivity index (χ1) is 15.0. The summed E-state index contributed by atoms with van der Waals surface area (Å²) in [5.41, 5.74) is 10.7. The molecule has 4 N–H and O–H groups in total. The van der Waals surface area contributed by atoms with Gasteiger partial charge in [-0.25, -0.2) is 9.78 Å². The number of hydrogen-bond acceptors (Lipinski definition) is 6. The molecule has 0 aliphatic rings. The molecule has 0 bridgehead atoms. The maximum atomic E-state index is 11.6. The fraction of sp³-hybridized carbons (Fsp3) is 0.273. The van der Waals surface area contributed by atoms with Crippen molar-refractivity contribution >= 4 is 32.5 Å². The van der Waals surface area contributed by atoms with Crippen LogP contribution in [0.5, 0.6) is 5.75 Å². The van der Waals surface area contributed by atoms with Crippen LogP contribution in [0.25, 0.3) is 15.2 Å². The molecule has 31 heavy (non-hydrogen) atoms. The van der Waals surface area contributed by atoms with Crippen LogP contribution in [0.3, 0.4) is 0 Å². The van der Waals surface area contributed by atoms with Crippen LogP contribution in [0, 0.1) is 6.92 Å². The molecular formula is C22H25N5O3S. The van der Waals surface area contributed by atoms with E-state index in [2.05, 4.69) is 10.4 Å². The van der Waals surface area contributed by atoms with Gasteiger partial charge in [-0.1, -0.05) is 54.7 Å². The molecule has 8 nitrogen and oxygen atoms in total. The van der Waals surface area contributed by atoms with Crippen molar-refractivity contribution in [1.82, 2.24) is 19.8 Å². The molecular weight excluding hydrogens is 414 g/mol. The highest BCUT2D eigenvalue weighted by atomic mass is 32.1. The number of para-hydroxylation sites is 1. The van der Waals surface area contributed by atoms with E-state index in [1.807, 2.05) is 73.0 Å². The Kier molecular flexibility index (Phi) is 6.08. The lowest BCUT2D eigenvalue weighted by molar-refractivity contribution is -0.0786. The third kappa shape index (κ3) is 4.48. The summed E-state index contributed by atoms with van der Waals surface area (Å²) in [5.74, 6) is 0.586. The quantitative estimate of drug-likeness (QED) is 0.289. The number of aliphatic hydroxyl groups excluding tert-OH is 1. The summed E-state index contributed by atoms with van der Waals surface area (Å²) in [6, 6.07) is 14.7. The molecule has 0 aliphatic heterocycles. The zero-order valence-electron chi connectivity index (χ0n) is 17.4. The molecule has 0 saturated carbocycles. The lowest BCUT2D eigenvalue weighted by atomic mass is 10.1. The number of carbonyl (C=O) groups is 1. The van der Waals surface area contributed by atoms with Crippen LogP contribution < -0.4 is 15.9 Å². The number of thiazole rings is 1. The third-order valence-electron chi connectivity index (χ3n) is 4.96. The van der Waals surface area contributed by atoms with Gasteiger partial charge in [0.1, 0.15) is 17.4 Å². The van der Waals surface area contributed by atoms with Gasteiger partial charge in [0, 0.05) is 19.2 Å². The van der Waals surface area contributed by atoms with Gasteiger partial charge in [-0.05, 0) is 24.6 Å². The maximum absolute atomic E-state index is 11.6. The average molecular weight is 440 g/mol. The van der Waals surface area contributed by atoms with Gasteiger partial charge >= 0.3 is 6.03 Å². The summed E-state index contributed by atoms with van der Waals surface area (Å²) >= 11 is 1.57. The molecule has 0 fully saturated rings. The Hall–Kier alpha value is -3.14. The van der Waals surface area contributed by atoms with Gasteiger partial charge in [0.25, 0.3) is 0 Å². The minimum atomic E-state index is -0.928. The number of aliphatic hydroxyl groups is 1. The van der Waals surface area contributed by atoms with Crippen LogP contribution in [-0.4, -0.2) is 44.4 Å². The summed E-state index contributed by atoms with van der Waals surface area (Å²) < 4.78 is 9.36. The van der Waals surface area contributed by atoms with Crippen molar-refractivity contribution in [1.29, 1.82) is 0 Å². The number of nitrogens with zero attached hydrogens (tertiary/aromatic N) is 3. The highest BCUT2D eigenvalue weighted by Gasteiger charge is 2.29. The summed E-state index contributed by atoms with van der Waals surface area (Å²) in [6.45, 7) is 4.18. The van der Waals surface area contributed by atoms with Crippen LogP contribution >= 0.6 is 11.3 Å². The molecule has 2 aromatic heterocycles. The van der Waals surface area contributed by atoms with E-state index in [1.165, 1.54) is 5.01 Å². The minimum Gasteiger partial charge on any atom is -0.468 e. The largest absolute Gasteiger partial charge is 0.468 e. The zero-order chi connectivity index (χ0) is 22.0. The van der Waals surface area contributed by atoms with E-state index in [9.17, 15) is 9.90 Å². The summed E-state index contributed by atoms with van der Waals surface area (Å²) in [4.78, 5) is 17.0. The van der Waals surface area contributed by atoms with Crippen molar-refractivity contribution in [3.05, 3.63) is 66.0 Å². The molecule has 9 heteroatoms.